The molecule has 0 spiro atoms. The third-order valence-electron chi connectivity index (χ3n) is 4.17. The van der Waals surface area contributed by atoms with E-state index in [0.29, 0.717) is 22.0 Å². The first-order chi connectivity index (χ1) is 11.4. The van der Waals surface area contributed by atoms with Crippen molar-refractivity contribution in [1.82, 2.24) is 20.0 Å². The highest BCUT2D eigenvalue weighted by Gasteiger charge is 2.51. The van der Waals surface area contributed by atoms with Crippen LogP contribution < -0.4 is 5.32 Å². The molecule has 1 atom stereocenters. The summed E-state index contributed by atoms with van der Waals surface area (Å²) in [5.41, 5.74) is 0.0350. The molecule has 1 saturated heterocycles. The summed E-state index contributed by atoms with van der Waals surface area (Å²) in [5, 5.41) is 6.86. The largest absolute Gasteiger partial charge is 0.325 e. The monoisotopic (exact) mass is 394 g/mol. The topological polar surface area (TPSA) is 67.2 Å². The molecule has 24 heavy (non-hydrogen) atoms. The van der Waals surface area contributed by atoms with E-state index in [1.165, 1.54) is 12.1 Å². The van der Waals surface area contributed by atoms with Gasteiger partial charge in [0.15, 0.2) is 0 Å². The lowest BCUT2D eigenvalue weighted by molar-refractivity contribution is -0.132. The van der Waals surface area contributed by atoms with E-state index in [0.717, 1.165) is 4.90 Å². The van der Waals surface area contributed by atoms with Gasteiger partial charge in [0.2, 0.25) is 0 Å². The second-order valence-corrected chi connectivity index (χ2v) is 6.68. The zero-order chi connectivity index (χ0) is 17.5. The standard InChI is InChI=1S/C16H16BrFN4O2/c1-3-16(11-7-19-21(2)9-11)14(23)22(15(24)20-16)8-10-4-12(17)6-13(18)5-10/h4-7,9H,3,8H2,1-2H3,(H,20,24). The molecule has 1 fully saturated rings. The van der Waals surface area contributed by atoms with Crippen LogP contribution in [0.1, 0.15) is 24.5 Å². The van der Waals surface area contributed by atoms with Gasteiger partial charge in [0.1, 0.15) is 11.4 Å². The molecular formula is C16H16BrFN4O2. The van der Waals surface area contributed by atoms with E-state index in [1.807, 2.05) is 6.92 Å². The molecule has 1 unspecified atom stereocenters. The third-order valence-corrected chi connectivity index (χ3v) is 4.62. The summed E-state index contributed by atoms with van der Waals surface area (Å²) < 4.78 is 15.7. The van der Waals surface area contributed by atoms with Gasteiger partial charge in [0.25, 0.3) is 5.91 Å². The Morgan fingerprint density at radius 2 is 2.08 bits per heavy atom. The van der Waals surface area contributed by atoms with Crippen LogP contribution in [0.5, 0.6) is 0 Å². The predicted molar refractivity (Wildman–Crippen MR) is 88.4 cm³/mol. The molecule has 3 amide bonds. The van der Waals surface area contributed by atoms with E-state index >= 15 is 0 Å². The van der Waals surface area contributed by atoms with E-state index in [-0.39, 0.29) is 12.5 Å². The summed E-state index contributed by atoms with van der Waals surface area (Å²) >= 11 is 3.21. The summed E-state index contributed by atoms with van der Waals surface area (Å²) in [4.78, 5) is 26.4. The maximum atomic E-state index is 13.5. The van der Waals surface area contributed by atoms with Crippen LogP contribution in [-0.4, -0.2) is 26.6 Å². The van der Waals surface area contributed by atoms with E-state index in [1.54, 1.807) is 30.2 Å². The molecule has 1 aliphatic rings. The molecule has 0 radical (unpaired) electrons. The van der Waals surface area contributed by atoms with Crippen LogP contribution >= 0.6 is 15.9 Å². The summed E-state index contributed by atoms with van der Waals surface area (Å²) in [5.74, 6) is -0.788. The van der Waals surface area contributed by atoms with Crippen LogP contribution in [0.25, 0.3) is 0 Å². The first-order valence-electron chi connectivity index (χ1n) is 7.44. The van der Waals surface area contributed by atoms with E-state index in [4.69, 9.17) is 0 Å². The van der Waals surface area contributed by atoms with Crippen molar-refractivity contribution in [2.75, 3.05) is 0 Å². The van der Waals surface area contributed by atoms with E-state index < -0.39 is 17.4 Å². The SMILES string of the molecule is CCC1(c2cnn(C)c2)NC(=O)N(Cc2cc(F)cc(Br)c2)C1=O. The van der Waals surface area contributed by atoms with Gasteiger partial charge >= 0.3 is 6.03 Å². The lowest BCUT2D eigenvalue weighted by Gasteiger charge is -2.23. The highest BCUT2D eigenvalue weighted by atomic mass is 79.9. The number of carbonyl (C=O) groups excluding carboxylic acids is 2. The maximum absolute atomic E-state index is 13.5. The van der Waals surface area contributed by atoms with Crippen molar-refractivity contribution in [3.63, 3.8) is 0 Å². The van der Waals surface area contributed by atoms with Crippen molar-refractivity contribution in [2.24, 2.45) is 7.05 Å². The fraction of sp³-hybridized carbons (Fsp3) is 0.312. The summed E-state index contributed by atoms with van der Waals surface area (Å²) in [6, 6.07) is 3.81. The molecule has 1 aromatic carbocycles. The van der Waals surface area contributed by atoms with Crippen molar-refractivity contribution in [3.05, 3.63) is 52.0 Å². The highest BCUT2D eigenvalue weighted by Crippen LogP contribution is 2.33. The lowest BCUT2D eigenvalue weighted by Crippen LogP contribution is -2.43. The number of hydrogen-bond donors (Lipinski definition) is 1. The van der Waals surface area contributed by atoms with Gasteiger partial charge in [0, 0.05) is 23.3 Å². The molecule has 0 bridgehead atoms. The minimum absolute atomic E-state index is 0.00301. The van der Waals surface area contributed by atoms with Crippen molar-refractivity contribution in [1.29, 1.82) is 0 Å². The van der Waals surface area contributed by atoms with Gasteiger partial charge in [-0.2, -0.15) is 5.10 Å². The van der Waals surface area contributed by atoms with Gasteiger partial charge in [-0.3, -0.25) is 14.4 Å². The number of imide groups is 1. The fourth-order valence-electron chi connectivity index (χ4n) is 2.94. The zero-order valence-corrected chi connectivity index (χ0v) is 14.8. The molecule has 3 rings (SSSR count). The maximum Gasteiger partial charge on any atom is 0.325 e. The number of urea groups is 1. The van der Waals surface area contributed by atoms with Crippen LogP contribution in [0.3, 0.4) is 0 Å². The molecule has 1 N–H and O–H groups in total. The second-order valence-electron chi connectivity index (χ2n) is 5.76. The summed E-state index contributed by atoms with van der Waals surface area (Å²) in [6.45, 7) is 1.83. The van der Waals surface area contributed by atoms with Gasteiger partial charge in [-0.25, -0.2) is 9.18 Å². The molecule has 0 aliphatic carbocycles. The average molecular weight is 395 g/mol. The summed E-state index contributed by atoms with van der Waals surface area (Å²) in [7, 11) is 1.75. The molecule has 126 valence electrons. The molecule has 1 aliphatic heterocycles. The Hall–Kier alpha value is -2.22. The van der Waals surface area contributed by atoms with E-state index in [9.17, 15) is 14.0 Å². The number of rotatable bonds is 4. The minimum Gasteiger partial charge on any atom is -0.319 e. The smallest absolute Gasteiger partial charge is 0.319 e. The number of nitrogens with zero attached hydrogens (tertiary/aromatic N) is 3. The number of benzene rings is 1. The van der Waals surface area contributed by atoms with Crippen LogP contribution in [0, 0.1) is 5.82 Å². The normalized spacial score (nSPS) is 20.6. The number of amides is 3. The summed E-state index contributed by atoms with van der Waals surface area (Å²) in [6.07, 6.45) is 3.68. The zero-order valence-electron chi connectivity index (χ0n) is 13.2. The first kappa shape index (κ1) is 16.6. The Balaban J connectivity index is 1.93. The van der Waals surface area contributed by atoms with Crippen molar-refractivity contribution < 1.29 is 14.0 Å². The lowest BCUT2D eigenvalue weighted by atomic mass is 9.89. The molecule has 0 saturated carbocycles. The Labute approximate surface area is 146 Å². The predicted octanol–water partition coefficient (Wildman–Crippen LogP) is 2.68. The Bertz CT molecular complexity index is 802. The van der Waals surface area contributed by atoms with E-state index in [2.05, 4.69) is 26.3 Å². The quantitative estimate of drug-likeness (QED) is 0.810. The fourth-order valence-corrected chi connectivity index (χ4v) is 3.45. The van der Waals surface area contributed by atoms with Gasteiger partial charge in [-0.1, -0.05) is 22.9 Å². The molecule has 8 heteroatoms. The number of halogens is 2. The number of aromatic nitrogens is 2. The van der Waals surface area contributed by atoms with Crippen molar-refractivity contribution in [2.45, 2.75) is 25.4 Å². The Morgan fingerprint density at radius 3 is 2.67 bits per heavy atom. The molecular weight excluding hydrogens is 379 g/mol. The Morgan fingerprint density at radius 1 is 1.33 bits per heavy atom. The van der Waals surface area contributed by atoms with Gasteiger partial charge in [-0.05, 0) is 30.2 Å². The first-order valence-corrected chi connectivity index (χ1v) is 8.23. The highest BCUT2D eigenvalue weighted by molar-refractivity contribution is 9.10. The minimum atomic E-state index is -1.13. The van der Waals surface area contributed by atoms with Gasteiger partial charge in [0.05, 0.1) is 12.7 Å². The van der Waals surface area contributed by atoms with Crippen molar-refractivity contribution in [3.8, 4) is 0 Å². The van der Waals surface area contributed by atoms with Crippen LogP contribution in [0.2, 0.25) is 0 Å². The number of nitrogens with one attached hydrogen (secondary N) is 1. The Kier molecular flexibility index (Phi) is 4.16. The molecule has 6 nitrogen and oxygen atoms in total. The third kappa shape index (κ3) is 2.71. The molecule has 2 heterocycles. The van der Waals surface area contributed by atoms with Crippen LogP contribution in [0.4, 0.5) is 9.18 Å². The number of aryl methyl sites for hydroxylation is 1. The number of carbonyl (C=O) groups is 2. The second kappa shape index (κ2) is 6.01. The van der Waals surface area contributed by atoms with Crippen LogP contribution in [-0.2, 0) is 23.9 Å². The molecule has 1 aromatic heterocycles. The number of hydrogen-bond acceptors (Lipinski definition) is 3. The molecule has 2 aromatic rings. The van der Waals surface area contributed by atoms with Gasteiger partial charge < -0.3 is 5.32 Å². The average Bonchev–Trinajstić information content (AvgIpc) is 3.04. The van der Waals surface area contributed by atoms with Crippen LogP contribution in [0.15, 0.2) is 35.1 Å². The van der Waals surface area contributed by atoms with Gasteiger partial charge in [-0.15, -0.1) is 0 Å². The van der Waals surface area contributed by atoms with Crippen molar-refractivity contribution >= 4 is 27.9 Å².